The Balaban J connectivity index is 3.90. The van der Waals surface area contributed by atoms with Crippen molar-refractivity contribution in [3.63, 3.8) is 0 Å². The summed E-state index contributed by atoms with van der Waals surface area (Å²) in [5.41, 5.74) is -0.211. The molecule has 0 aromatic rings. The van der Waals surface area contributed by atoms with Crippen LogP contribution in [0.25, 0.3) is 0 Å². The number of aliphatic hydroxyl groups excluding tert-OH is 1. The molecule has 0 aromatic heterocycles. The molecule has 0 aliphatic rings. The molecule has 0 saturated carbocycles. The molecule has 2 unspecified atom stereocenters. The lowest BCUT2D eigenvalue weighted by Gasteiger charge is -2.26. The highest BCUT2D eigenvalue weighted by molar-refractivity contribution is 5.78. The van der Waals surface area contributed by atoms with Crippen molar-refractivity contribution in [1.82, 2.24) is 5.32 Å². The molecule has 0 spiro atoms. The molecule has 0 aromatic carbocycles. The van der Waals surface area contributed by atoms with Crippen molar-refractivity contribution in [2.24, 2.45) is 11.3 Å². The number of carbonyl (C=O) groups is 1. The second-order valence-corrected chi connectivity index (χ2v) is 4.98. The Kier molecular flexibility index (Phi) is 5.83. The smallest absolute Gasteiger partial charge is 0.225 e. The number of amides is 1. The maximum atomic E-state index is 11.5. The highest BCUT2D eigenvalue weighted by Gasteiger charge is 2.23. The van der Waals surface area contributed by atoms with Crippen LogP contribution in [0.15, 0.2) is 0 Å². The molecule has 0 aliphatic heterocycles. The Labute approximate surface area is 92.0 Å². The Bertz CT molecular complexity index is 198. The molecule has 15 heavy (non-hydrogen) atoms. The van der Waals surface area contributed by atoms with Gasteiger partial charge in [-0.25, -0.2) is 0 Å². The van der Waals surface area contributed by atoms with E-state index in [0.29, 0.717) is 6.61 Å². The van der Waals surface area contributed by atoms with Gasteiger partial charge in [-0.3, -0.25) is 4.79 Å². The zero-order chi connectivity index (χ0) is 12.1. The van der Waals surface area contributed by atoms with E-state index in [1.807, 2.05) is 20.8 Å². The standard InChI is InChI=1S/C11H23NO3/c1-8(7-15-5)10(14)12-6-9(13)11(2,3)4/h8-9,13H,6-7H2,1-5H3,(H,12,14). The van der Waals surface area contributed by atoms with Crippen molar-refractivity contribution in [2.45, 2.75) is 33.8 Å². The zero-order valence-electron chi connectivity index (χ0n) is 10.3. The second-order valence-electron chi connectivity index (χ2n) is 4.98. The van der Waals surface area contributed by atoms with E-state index in [4.69, 9.17) is 4.74 Å². The van der Waals surface area contributed by atoms with E-state index < -0.39 is 6.10 Å². The van der Waals surface area contributed by atoms with Gasteiger partial charge >= 0.3 is 0 Å². The first-order valence-electron chi connectivity index (χ1n) is 5.23. The molecule has 4 nitrogen and oxygen atoms in total. The van der Waals surface area contributed by atoms with Gasteiger partial charge in [0.25, 0.3) is 0 Å². The molecular weight excluding hydrogens is 194 g/mol. The lowest BCUT2D eigenvalue weighted by molar-refractivity contribution is -0.126. The highest BCUT2D eigenvalue weighted by atomic mass is 16.5. The first-order chi connectivity index (χ1) is 6.79. The summed E-state index contributed by atoms with van der Waals surface area (Å²) in [5, 5.41) is 12.4. The summed E-state index contributed by atoms with van der Waals surface area (Å²) in [6.07, 6.45) is -0.531. The number of carbonyl (C=O) groups excluding carboxylic acids is 1. The average molecular weight is 217 g/mol. The van der Waals surface area contributed by atoms with Crippen molar-refractivity contribution in [3.8, 4) is 0 Å². The molecule has 0 aliphatic carbocycles. The van der Waals surface area contributed by atoms with Gasteiger partial charge in [0.05, 0.1) is 18.6 Å². The van der Waals surface area contributed by atoms with Crippen LogP contribution in [-0.2, 0) is 9.53 Å². The third-order valence-electron chi connectivity index (χ3n) is 2.33. The van der Waals surface area contributed by atoms with E-state index in [1.54, 1.807) is 14.0 Å². The monoisotopic (exact) mass is 217 g/mol. The molecule has 2 atom stereocenters. The number of nitrogens with one attached hydrogen (secondary N) is 1. The van der Waals surface area contributed by atoms with Crippen LogP contribution in [0.2, 0.25) is 0 Å². The van der Waals surface area contributed by atoms with Crippen LogP contribution in [0.3, 0.4) is 0 Å². The minimum absolute atomic E-state index is 0.0832. The van der Waals surface area contributed by atoms with Gasteiger partial charge in [0.15, 0.2) is 0 Å². The average Bonchev–Trinajstić information content (AvgIpc) is 2.12. The van der Waals surface area contributed by atoms with Gasteiger partial charge in [-0.15, -0.1) is 0 Å². The van der Waals surface area contributed by atoms with Gasteiger partial charge in [-0.2, -0.15) is 0 Å². The molecule has 0 fully saturated rings. The van der Waals surface area contributed by atoms with E-state index >= 15 is 0 Å². The van der Waals surface area contributed by atoms with Crippen molar-refractivity contribution < 1.29 is 14.6 Å². The largest absolute Gasteiger partial charge is 0.391 e. The molecular formula is C11H23NO3. The zero-order valence-corrected chi connectivity index (χ0v) is 10.3. The molecule has 0 bridgehead atoms. The van der Waals surface area contributed by atoms with E-state index in [0.717, 1.165) is 0 Å². The Morgan fingerprint density at radius 3 is 2.40 bits per heavy atom. The fourth-order valence-electron chi connectivity index (χ4n) is 1.00. The number of methoxy groups -OCH3 is 1. The van der Waals surface area contributed by atoms with Crippen LogP contribution < -0.4 is 5.32 Å². The van der Waals surface area contributed by atoms with Gasteiger partial charge in [0.1, 0.15) is 0 Å². The van der Waals surface area contributed by atoms with Crippen LogP contribution >= 0.6 is 0 Å². The van der Waals surface area contributed by atoms with Gasteiger partial charge < -0.3 is 15.2 Å². The van der Waals surface area contributed by atoms with Crippen LogP contribution in [0.1, 0.15) is 27.7 Å². The molecule has 0 heterocycles. The second kappa shape index (κ2) is 6.08. The summed E-state index contributed by atoms with van der Waals surface area (Å²) in [5.74, 6) is -0.262. The molecule has 0 radical (unpaired) electrons. The van der Waals surface area contributed by atoms with Gasteiger partial charge in [0, 0.05) is 13.7 Å². The first kappa shape index (κ1) is 14.4. The highest BCUT2D eigenvalue weighted by Crippen LogP contribution is 2.18. The molecule has 1 amide bonds. The summed E-state index contributed by atoms with van der Waals surface area (Å²) >= 11 is 0. The maximum absolute atomic E-state index is 11.5. The van der Waals surface area contributed by atoms with E-state index in [9.17, 15) is 9.90 Å². The topological polar surface area (TPSA) is 58.6 Å². The van der Waals surface area contributed by atoms with Crippen molar-refractivity contribution in [2.75, 3.05) is 20.3 Å². The Morgan fingerprint density at radius 2 is 2.00 bits per heavy atom. The summed E-state index contributed by atoms with van der Waals surface area (Å²) in [6, 6.07) is 0. The minimum Gasteiger partial charge on any atom is -0.391 e. The van der Waals surface area contributed by atoms with Crippen LogP contribution in [0, 0.1) is 11.3 Å². The summed E-state index contributed by atoms with van der Waals surface area (Å²) < 4.78 is 4.88. The normalized spacial score (nSPS) is 15.9. The van der Waals surface area contributed by atoms with Gasteiger partial charge in [-0.05, 0) is 5.41 Å². The fraction of sp³-hybridized carbons (Fsp3) is 0.909. The van der Waals surface area contributed by atoms with Crippen molar-refractivity contribution >= 4 is 5.91 Å². The van der Waals surface area contributed by atoms with E-state index in [-0.39, 0.29) is 23.8 Å². The Morgan fingerprint density at radius 1 is 1.47 bits per heavy atom. The number of ether oxygens (including phenoxy) is 1. The molecule has 0 rings (SSSR count). The Hall–Kier alpha value is -0.610. The SMILES string of the molecule is COCC(C)C(=O)NCC(O)C(C)(C)C. The van der Waals surface area contributed by atoms with Crippen molar-refractivity contribution in [1.29, 1.82) is 0 Å². The van der Waals surface area contributed by atoms with E-state index in [1.165, 1.54) is 0 Å². The van der Waals surface area contributed by atoms with Gasteiger partial charge in [0.2, 0.25) is 5.91 Å². The summed E-state index contributed by atoms with van der Waals surface area (Å²) in [6.45, 7) is 8.28. The molecule has 2 N–H and O–H groups in total. The quantitative estimate of drug-likeness (QED) is 0.716. The van der Waals surface area contributed by atoms with Crippen LogP contribution in [0.5, 0.6) is 0 Å². The summed E-state index contributed by atoms with van der Waals surface area (Å²) in [4.78, 5) is 11.5. The molecule has 4 heteroatoms. The molecule has 90 valence electrons. The number of hydrogen-bond donors (Lipinski definition) is 2. The van der Waals surface area contributed by atoms with Crippen LogP contribution in [-0.4, -0.2) is 37.4 Å². The van der Waals surface area contributed by atoms with E-state index in [2.05, 4.69) is 5.32 Å². The van der Waals surface area contributed by atoms with Crippen molar-refractivity contribution in [3.05, 3.63) is 0 Å². The predicted octanol–water partition coefficient (Wildman–Crippen LogP) is 0.792. The molecule has 0 saturated heterocycles. The third kappa shape index (κ3) is 5.74. The summed E-state index contributed by atoms with van der Waals surface area (Å²) in [7, 11) is 1.56. The number of rotatable bonds is 5. The van der Waals surface area contributed by atoms with Gasteiger partial charge in [-0.1, -0.05) is 27.7 Å². The maximum Gasteiger partial charge on any atom is 0.225 e. The van der Waals surface area contributed by atoms with Crippen LogP contribution in [0.4, 0.5) is 0 Å². The first-order valence-corrected chi connectivity index (χ1v) is 5.23. The predicted molar refractivity (Wildman–Crippen MR) is 59.5 cm³/mol. The fourth-order valence-corrected chi connectivity index (χ4v) is 1.00. The number of hydrogen-bond acceptors (Lipinski definition) is 3. The third-order valence-corrected chi connectivity index (χ3v) is 2.33. The lowest BCUT2D eigenvalue weighted by atomic mass is 9.89. The number of aliphatic hydroxyl groups is 1. The minimum atomic E-state index is -0.531. The lowest BCUT2D eigenvalue weighted by Crippen LogP contribution is -2.41.